The highest BCUT2D eigenvalue weighted by atomic mass is 16.6. The van der Waals surface area contributed by atoms with Crippen LogP contribution in [0.4, 0.5) is 11.4 Å². The maximum absolute atomic E-state index is 12.0. The summed E-state index contributed by atoms with van der Waals surface area (Å²) < 4.78 is 0. The van der Waals surface area contributed by atoms with Crippen LogP contribution in [0.3, 0.4) is 0 Å². The summed E-state index contributed by atoms with van der Waals surface area (Å²) in [5.41, 5.74) is 6.04. The maximum Gasteiger partial charge on any atom is 0.270 e. The summed E-state index contributed by atoms with van der Waals surface area (Å²) in [4.78, 5) is 22.1. The summed E-state index contributed by atoms with van der Waals surface area (Å²) in [6, 6.07) is 3.99. The summed E-state index contributed by atoms with van der Waals surface area (Å²) in [5.74, 6) is -0.355. The van der Waals surface area contributed by atoms with Crippen LogP contribution in [-0.2, 0) is 0 Å². The molecule has 1 fully saturated rings. The van der Waals surface area contributed by atoms with Crippen LogP contribution < -0.4 is 11.1 Å². The van der Waals surface area contributed by atoms with Crippen LogP contribution in [0.5, 0.6) is 0 Å². The monoisotopic (exact) mass is 249 g/mol. The normalized spacial score (nSPS) is 20.2. The van der Waals surface area contributed by atoms with E-state index in [4.69, 9.17) is 5.73 Å². The number of nitro groups is 1. The third kappa shape index (κ3) is 2.27. The van der Waals surface area contributed by atoms with E-state index in [2.05, 4.69) is 19.2 Å². The van der Waals surface area contributed by atoms with Gasteiger partial charge in [-0.05, 0) is 17.9 Å². The van der Waals surface area contributed by atoms with Crippen molar-refractivity contribution in [1.29, 1.82) is 0 Å². The first-order valence-corrected chi connectivity index (χ1v) is 5.66. The number of amides is 1. The lowest BCUT2D eigenvalue weighted by Gasteiger charge is -2.08. The third-order valence-electron chi connectivity index (χ3n) is 3.31. The summed E-state index contributed by atoms with van der Waals surface area (Å²) in [6.07, 6.45) is 0.910. The minimum atomic E-state index is -0.544. The van der Waals surface area contributed by atoms with Gasteiger partial charge in [-0.1, -0.05) is 13.8 Å². The van der Waals surface area contributed by atoms with Crippen LogP contribution in [0.15, 0.2) is 18.2 Å². The van der Waals surface area contributed by atoms with Crippen molar-refractivity contribution >= 4 is 17.3 Å². The number of anilines is 1. The lowest BCUT2D eigenvalue weighted by molar-refractivity contribution is -0.384. The van der Waals surface area contributed by atoms with E-state index in [9.17, 15) is 14.9 Å². The van der Waals surface area contributed by atoms with Crippen molar-refractivity contribution in [3.8, 4) is 0 Å². The average Bonchev–Trinajstić information content (AvgIpc) is 2.85. The van der Waals surface area contributed by atoms with Gasteiger partial charge >= 0.3 is 0 Å². The summed E-state index contributed by atoms with van der Waals surface area (Å²) in [5, 5.41) is 13.5. The first-order chi connectivity index (χ1) is 8.31. The fraction of sp³-hybridized carbons (Fsp3) is 0.417. The van der Waals surface area contributed by atoms with Gasteiger partial charge < -0.3 is 11.1 Å². The smallest absolute Gasteiger partial charge is 0.270 e. The van der Waals surface area contributed by atoms with Gasteiger partial charge in [0, 0.05) is 23.9 Å². The Morgan fingerprint density at radius 3 is 2.67 bits per heavy atom. The molecule has 1 amide bonds. The standard InChI is InChI=1S/C12H15N3O3/c1-12(2)6-10(12)14-11(16)8-5-7(15(17)18)3-4-9(8)13/h3-5,10H,6,13H2,1-2H3,(H,14,16). The molecule has 1 aromatic rings. The third-order valence-corrected chi connectivity index (χ3v) is 3.31. The number of nitrogens with zero attached hydrogens (tertiary/aromatic N) is 1. The van der Waals surface area contributed by atoms with Crippen molar-refractivity contribution in [2.75, 3.05) is 5.73 Å². The number of nitrogens with two attached hydrogens (primary N) is 1. The molecule has 18 heavy (non-hydrogen) atoms. The summed E-state index contributed by atoms with van der Waals surface area (Å²) >= 11 is 0. The van der Waals surface area contributed by atoms with E-state index in [1.165, 1.54) is 18.2 Å². The molecular formula is C12H15N3O3. The number of benzene rings is 1. The van der Waals surface area contributed by atoms with Gasteiger partial charge in [-0.25, -0.2) is 0 Å². The number of nitrogens with one attached hydrogen (secondary N) is 1. The minimum absolute atomic E-state index is 0.102. The molecule has 0 saturated heterocycles. The molecule has 0 heterocycles. The second-order valence-corrected chi connectivity index (χ2v) is 5.25. The first-order valence-electron chi connectivity index (χ1n) is 5.66. The zero-order chi connectivity index (χ0) is 13.5. The van der Waals surface area contributed by atoms with E-state index in [1.54, 1.807) is 0 Å². The Kier molecular flexibility index (Phi) is 2.73. The number of non-ortho nitro benzene ring substituents is 1. The fourth-order valence-electron chi connectivity index (χ4n) is 1.80. The first kappa shape index (κ1) is 12.3. The van der Waals surface area contributed by atoms with Gasteiger partial charge in [-0.2, -0.15) is 0 Å². The van der Waals surface area contributed by atoms with E-state index < -0.39 is 4.92 Å². The Morgan fingerprint density at radius 1 is 1.56 bits per heavy atom. The Labute approximate surface area is 104 Å². The molecule has 0 spiro atoms. The molecule has 0 bridgehead atoms. The topological polar surface area (TPSA) is 98.3 Å². The highest BCUT2D eigenvalue weighted by Gasteiger charge is 2.46. The van der Waals surface area contributed by atoms with Gasteiger partial charge in [-0.3, -0.25) is 14.9 Å². The average molecular weight is 249 g/mol. The minimum Gasteiger partial charge on any atom is -0.398 e. The van der Waals surface area contributed by atoms with Gasteiger partial charge in [0.25, 0.3) is 11.6 Å². The van der Waals surface area contributed by atoms with Gasteiger partial charge in [0.15, 0.2) is 0 Å². The van der Waals surface area contributed by atoms with Gasteiger partial charge in [0.05, 0.1) is 10.5 Å². The van der Waals surface area contributed by atoms with Crippen molar-refractivity contribution in [3.05, 3.63) is 33.9 Å². The zero-order valence-corrected chi connectivity index (χ0v) is 10.3. The largest absolute Gasteiger partial charge is 0.398 e. The molecule has 1 atom stereocenters. The van der Waals surface area contributed by atoms with Crippen LogP contribution in [0, 0.1) is 15.5 Å². The SMILES string of the molecule is CC1(C)CC1NC(=O)c1cc([N+](=O)[O-])ccc1N. The van der Waals surface area contributed by atoms with Gasteiger partial charge in [0.2, 0.25) is 0 Å². The number of carbonyl (C=O) groups is 1. The Hall–Kier alpha value is -2.11. The predicted molar refractivity (Wildman–Crippen MR) is 67.2 cm³/mol. The van der Waals surface area contributed by atoms with E-state index in [0.717, 1.165) is 6.42 Å². The zero-order valence-electron chi connectivity index (χ0n) is 10.3. The number of nitrogen functional groups attached to an aromatic ring is 1. The van der Waals surface area contributed by atoms with E-state index >= 15 is 0 Å². The molecule has 0 aliphatic heterocycles. The molecule has 1 unspecified atom stereocenters. The van der Waals surface area contributed by atoms with Gasteiger partial charge in [-0.15, -0.1) is 0 Å². The molecule has 0 aromatic heterocycles. The van der Waals surface area contributed by atoms with Crippen LogP contribution in [0.1, 0.15) is 30.6 Å². The molecule has 1 aromatic carbocycles. The van der Waals surface area contributed by atoms with Crippen molar-refractivity contribution < 1.29 is 9.72 Å². The second-order valence-electron chi connectivity index (χ2n) is 5.25. The molecule has 6 heteroatoms. The Bertz CT molecular complexity index is 525. The summed E-state index contributed by atoms with van der Waals surface area (Å²) in [7, 11) is 0. The van der Waals surface area contributed by atoms with Crippen molar-refractivity contribution in [2.24, 2.45) is 5.41 Å². The van der Waals surface area contributed by atoms with E-state index in [0.29, 0.717) is 0 Å². The number of hydrogen-bond acceptors (Lipinski definition) is 4. The van der Waals surface area contributed by atoms with E-state index in [1.807, 2.05) is 0 Å². The molecule has 2 rings (SSSR count). The highest BCUT2D eigenvalue weighted by Crippen LogP contribution is 2.44. The maximum atomic E-state index is 12.0. The molecule has 3 N–H and O–H groups in total. The fourth-order valence-corrected chi connectivity index (χ4v) is 1.80. The molecule has 0 radical (unpaired) electrons. The van der Waals surface area contributed by atoms with Crippen LogP contribution in [0.2, 0.25) is 0 Å². The quantitative estimate of drug-likeness (QED) is 0.484. The predicted octanol–water partition coefficient (Wildman–Crippen LogP) is 1.71. The molecule has 96 valence electrons. The molecule has 6 nitrogen and oxygen atoms in total. The number of hydrogen-bond donors (Lipinski definition) is 2. The summed E-state index contributed by atoms with van der Waals surface area (Å²) in [6.45, 7) is 4.10. The van der Waals surface area contributed by atoms with Gasteiger partial charge in [0.1, 0.15) is 0 Å². The highest BCUT2D eigenvalue weighted by molar-refractivity contribution is 6.00. The van der Waals surface area contributed by atoms with Crippen LogP contribution in [0.25, 0.3) is 0 Å². The van der Waals surface area contributed by atoms with E-state index in [-0.39, 0.29) is 34.3 Å². The van der Waals surface area contributed by atoms with Crippen LogP contribution >= 0.6 is 0 Å². The Balaban J connectivity index is 2.19. The Morgan fingerprint density at radius 2 is 2.17 bits per heavy atom. The number of rotatable bonds is 3. The second kappa shape index (κ2) is 3.97. The van der Waals surface area contributed by atoms with Crippen molar-refractivity contribution in [2.45, 2.75) is 26.3 Å². The number of carbonyl (C=O) groups excluding carboxylic acids is 1. The lowest BCUT2D eigenvalue weighted by Crippen LogP contribution is -2.29. The van der Waals surface area contributed by atoms with Crippen molar-refractivity contribution in [1.82, 2.24) is 5.32 Å². The lowest BCUT2D eigenvalue weighted by atomic mass is 10.1. The van der Waals surface area contributed by atoms with Crippen molar-refractivity contribution in [3.63, 3.8) is 0 Å². The molecule has 1 aliphatic rings. The molecular weight excluding hydrogens is 234 g/mol. The number of nitro benzene ring substituents is 1. The molecule has 1 aliphatic carbocycles. The molecule has 1 saturated carbocycles. The van der Waals surface area contributed by atoms with Crippen LogP contribution in [-0.4, -0.2) is 16.9 Å².